The summed E-state index contributed by atoms with van der Waals surface area (Å²) in [5, 5.41) is 11.6. The minimum atomic E-state index is -1.01. The summed E-state index contributed by atoms with van der Waals surface area (Å²) in [5.41, 5.74) is 4.84. The minimum absolute atomic E-state index is 0.255. The van der Waals surface area contributed by atoms with Crippen LogP contribution in [0.5, 0.6) is 0 Å². The summed E-state index contributed by atoms with van der Waals surface area (Å²) < 4.78 is 0. The average molecular weight is 230 g/mol. The van der Waals surface area contributed by atoms with Crippen LogP contribution in [0.15, 0.2) is 0 Å². The Hall–Kier alpha value is -1.10. The second-order valence-electron chi connectivity index (χ2n) is 5.12. The fourth-order valence-electron chi connectivity index (χ4n) is 1.31. The van der Waals surface area contributed by atoms with Gasteiger partial charge in [-0.3, -0.25) is 4.79 Å². The molecule has 0 radical (unpaired) electrons. The molecule has 0 saturated heterocycles. The van der Waals surface area contributed by atoms with Gasteiger partial charge < -0.3 is 16.2 Å². The molecule has 0 aromatic heterocycles. The molecule has 16 heavy (non-hydrogen) atoms. The molecule has 0 fully saturated rings. The van der Waals surface area contributed by atoms with Crippen molar-refractivity contribution < 1.29 is 14.7 Å². The van der Waals surface area contributed by atoms with Gasteiger partial charge in [-0.25, -0.2) is 4.79 Å². The van der Waals surface area contributed by atoms with Crippen molar-refractivity contribution in [2.24, 2.45) is 17.1 Å². The highest BCUT2D eigenvalue weighted by molar-refractivity contribution is 5.85. The summed E-state index contributed by atoms with van der Waals surface area (Å²) >= 11 is 0. The molecule has 0 saturated carbocycles. The fourth-order valence-corrected chi connectivity index (χ4v) is 1.31. The van der Waals surface area contributed by atoms with Crippen LogP contribution in [0.1, 0.15) is 34.1 Å². The Morgan fingerprint density at radius 2 is 1.88 bits per heavy atom. The van der Waals surface area contributed by atoms with Crippen molar-refractivity contribution in [1.29, 1.82) is 0 Å². The molecule has 0 rings (SSSR count). The zero-order valence-corrected chi connectivity index (χ0v) is 10.4. The maximum absolute atomic E-state index is 11.7. The number of aliphatic carboxylic acids is 1. The molecule has 5 nitrogen and oxygen atoms in total. The van der Waals surface area contributed by atoms with Gasteiger partial charge in [0.25, 0.3) is 0 Å². The van der Waals surface area contributed by atoms with Gasteiger partial charge in [-0.05, 0) is 18.4 Å². The van der Waals surface area contributed by atoms with Crippen molar-refractivity contribution in [3.63, 3.8) is 0 Å². The molecule has 0 aliphatic carbocycles. The number of rotatable bonds is 5. The highest BCUT2D eigenvalue weighted by Gasteiger charge is 2.33. The second kappa shape index (κ2) is 5.84. The van der Waals surface area contributed by atoms with Crippen molar-refractivity contribution in [3.8, 4) is 0 Å². The molecule has 1 amide bonds. The molecule has 5 heteroatoms. The Kier molecular flexibility index (Phi) is 5.44. The van der Waals surface area contributed by atoms with Gasteiger partial charge in [0.15, 0.2) is 0 Å². The number of nitrogens with one attached hydrogen (secondary N) is 1. The maximum Gasteiger partial charge on any atom is 0.326 e. The first-order valence-corrected chi connectivity index (χ1v) is 5.43. The van der Waals surface area contributed by atoms with Crippen LogP contribution in [0.2, 0.25) is 0 Å². The van der Waals surface area contributed by atoms with E-state index in [1.54, 1.807) is 27.7 Å². The molecule has 0 aliphatic rings. The van der Waals surface area contributed by atoms with E-state index in [1.165, 1.54) is 0 Å². The van der Waals surface area contributed by atoms with Gasteiger partial charge >= 0.3 is 5.97 Å². The first-order chi connectivity index (χ1) is 7.20. The number of hydrogen-bond donors (Lipinski definition) is 3. The SMILES string of the molecule is CC(CCN)C(=O)N[C@H](C(=O)O)C(C)(C)C. The zero-order valence-electron chi connectivity index (χ0n) is 10.4. The standard InChI is InChI=1S/C11H22N2O3/c1-7(5-6-12)9(14)13-8(10(15)16)11(2,3)4/h7-8H,5-6,12H2,1-4H3,(H,13,14)(H,15,16)/t7?,8-/m1/s1. The monoisotopic (exact) mass is 230 g/mol. The van der Waals surface area contributed by atoms with E-state index in [0.29, 0.717) is 13.0 Å². The van der Waals surface area contributed by atoms with E-state index in [9.17, 15) is 9.59 Å². The van der Waals surface area contributed by atoms with Gasteiger partial charge in [0, 0.05) is 5.92 Å². The van der Waals surface area contributed by atoms with E-state index >= 15 is 0 Å². The minimum Gasteiger partial charge on any atom is -0.480 e. The van der Waals surface area contributed by atoms with Crippen molar-refractivity contribution in [2.75, 3.05) is 6.54 Å². The number of carboxylic acid groups (broad SMARTS) is 1. The molecule has 2 atom stereocenters. The highest BCUT2D eigenvalue weighted by atomic mass is 16.4. The van der Waals surface area contributed by atoms with Crippen LogP contribution < -0.4 is 11.1 Å². The van der Waals surface area contributed by atoms with Crippen LogP contribution >= 0.6 is 0 Å². The van der Waals surface area contributed by atoms with Gasteiger partial charge in [0.1, 0.15) is 6.04 Å². The van der Waals surface area contributed by atoms with Crippen LogP contribution in [-0.4, -0.2) is 29.6 Å². The number of nitrogens with two attached hydrogens (primary N) is 1. The smallest absolute Gasteiger partial charge is 0.326 e. The highest BCUT2D eigenvalue weighted by Crippen LogP contribution is 2.20. The number of carboxylic acids is 1. The van der Waals surface area contributed by atoms with Crippen LogP contribution in [0.25, 0.3) is 0 Å². The zero-order chi connectivity index (χ0) is 12.9. The lowest BCUT2D eigenvalue weighted by atomic mass is 9.86. The van der Waals surface area contributed by atoms with Crippen LogP contribution in [0.3, 0.4) is 0 Å². The molecule has 0 bridgehead atoms. The van der Waals surface area contributed by atoms with Crippen molar-refractivity contribution >= 4 is 11.9 Å². The van der Waals surface area contributed by atoms with E-state index in [-0.39, 0.29) is 11.8 Å². The van der Waals surface area contributed by atoms with E-state index in [0.717, 1.165) is 0 Å². The molecule has 0 aromatic carbocycles. The summed E-state index contributed by atoms with van der Waals surface area (Å²) in [5.74, 6) is -1.53. The number of carbonyl (C=O) groups is 2. The van der Waals surface area contributed by atoms with E-state index in [2.05, 4.69) is 5.32 Å². The predicted molar refractivity (Wildman–Crippen MR) is 61.9 cm³/mol. The summed E-state index contributed by atoms with van der Waals surface area (Å²) in [4.78, 5) is 22.7. The Labute approximate surface area is 96.4 Å². The molecule has 4 N–H and O–H groups in total. The van der Waals surface area contributed by atoms with Gasteiger partial charge in [0.05, 0.1) is 0 Å². The number of amides is 1. The second-order valence-corrected chi connectivity index (χ2v) is 5.12. The van der Waals surface area contributed by atoms with Crippen LogP contribution in [0.4, 0.5) is 0 Å². The Morgan fingerprint density at radius 3 is 2.19 bits per heavy atom. The summed E-state index contributed by atoms with van der Waals surface area (Å²) in [6.45, 7) is 7.49. The third kappa shape index (κ3) is 4.61. The molecule has 1 unspecified atom stereocenters. The normalized spacial score (nSPS) is 15.3. The Morgan fingerprint density at radius 1 is 1.38 bits per heavy atom. The van der Waals surface area contributed by atoms with Gasteiger partial charge in [-0.2, -0.15) is 0 Å². The van der Waals surface area contributed by atoms with Crippen molar-refractivity contribution in [2.45, 2.75) is 40.2 Å². The molecular formula is C11H22N2O3. The summed E-state index contributed by atoms with van der Waals surface area (Å²) in [7, 11) is 0. The molecule has 0 aromatic rings. The largest absolute Gasteiger partial charge is 0.480 e. The molecular weight excluding hydrogens is 208 g/mol. The molecule has 94 valence electrons. The van der Waals surface area contributed by atoms with Crippen molar-refractivity contribution in [1.82, 2.24) is 5.32 Å². The Balaban J connectivity index is 4.54. The first kappa shape index (κ1) is 14.9. The molecule has 0 heterocycles. The third-order valence-corrected chi connectivity index (χ3v) is 2.45. The molecule has 0 spiro atoms. The lowest BCUT2D eigenvalue weighted by molar-refractivity contribution is -0.145. The van der Waals surface area contributed by atoms with Crippen molar-refractivity contribution in [3.05, 3.63) is 0 Å². The quantitative estimate of drug-likeness (QED) is 0.644. The Bertz CT molecular complexity index is 258. The topological polar surface area (TPSA) is 92.4 Å². The lowest BCUT2D eigenvalue weighted by Gasteiger charge is -2.28. The van der Waals surface area contributed by atoms with Crippen LogP contribution in [0, 0.1) is 11.3 Å². The summed E-state index contributed by atoms with van der Waals surface area (Å²) in [6.07, 6.45) is 0.558. The van der Waals surface area contributed by atoms with Gasteiger partial charge in [0.2, 0.25) is 5.91 Å². The molecule has 0 aliphatic heterocycles. The predicted octanol–water partition coefficient (Wildman–Crippen LogP) is 0.587. The maximum atomic E-state index is 11.7. The van der Waals surface area contributed by atoms with E-state index in [1.807, 2.05) is 0 Å². The van der Waals surface area contributed by atoms with Gasteiger partial charge in [-0.1, -0.05) is 27.7 Å². The third-order valence-electron chi connectivity index (χ3n) is 2.45. The van der Waals surface area contributed by atoms with E-state index < -0.39 is 17.4 Å². The first-order valence-electron chi connectivity index (χ1n) is 5.43. The fraction of sp³-hybridized carbons (Fsp3) is 0.818. The average Bonchev–Trinajstić information content (AvgIpc) is 2.11. The van der Waals surface area contributed by atoms with E-state index in [4.69, 9.17) is 10.8 Å². The number of carbonyl (C=O) groups excluding carboxylic acids is 1. The summed E-state index contributed by atoms with van der Waals surface area (Å²) in [6, 6.07) is -0.875. The van der Waals surface area contributed by atoms with Crippen LogP contribution in [-0.2, 0) is 9.59 Å². The van der Waals surface area contributed by atoms with Gasteiger partial charge in [-0.15, -0.1) is 0 Å². The number of hydrogen-bond acceptors (Lipinski definition) is 3. The lowest BCUT2D eigenvalue weighted by Crippen LogP contribution is -2.50.